The summed E-state index contributed by atoms with van der Waals surface area (Å²) >= 11 is 0. The lowest BCUT2D eigenvalue weighted by molar-refractivity contribution is -0.138. The Morgan fingerprint density at radius 2 is 1.52 bits per heavy atom. The van der Waals surface area contributed by atoms with Gasteiger partial charge in [-0.05, 0) is 106 Å². The Kier molecular flexibility index (Phi) is 13.2. The number of piperazine rings is 1. The number of carbonyl (C=O) groups excluding carboxylic acids is 4. The van der Waals surface area contributed by atoms with E-state index in [1.165, 1.54) is 12.1 Å². The average molecular weight is 910 g/mol. The lowest BCUT2D eigenvalue weighted by atomic mass is 9.94. The van der Waals surface area contributed by atoms with Gasteiger partial charge in [-0.25, -0.2) is 9.97 Å². The molecule has 8 heterocycles. The maximum Gasteiger partial charge on any atom is 0.417 e. The molecule has 3 aromatic rings. The maximum absolute atomic E-state index is 13.5. The van der Waals surface area contributed by atoms with Crippen molar-refractivity contribution in [2.45, 2.75) is 83.1 Å². The summed E-state index contributed by atoms with van der Waals surface area (Å²) in [5, 5.41) is 14.4. The number of fused-ring (bicyclic) bond motifs is 1. The first-order valence-electron chi connectivity index (χ1n) is 23.5. The molecule has 4 amide bonds. The van der Waals surface area contributed by atoms with Gasteiger partial charge in [0.25, 0.3) is 5.91 Å². The van der Waals surface area contributed by atoms with Crippen molar-refractivity contribution >= 4 is 46.6 Å². The molecule has 6 aliphatic heterocycles. The summed E-state index contributed by atoms with van der Waals surface area (Å²) in [6.45, 7) is 12.7. The summed E-state index contributed by atoms with van der Waals surface area (Å²) in [7, 11) is 0. The minimum Gasteiger partial charge on any atom is -0.371 e. The summed E-state index contributed by atoms with van der Waals surface area (Å²) in [4.78, 5) is 73.2. The molecule has 9 rings (SSSR count). The second-order valence-corrected chi connectivity index (χ2v) is 19.0. The Hall–Kier alpha value is -5.80. The van der Waals surface area contributed by atoms with Crippen molar-refractivity contribution in [2.24, 2.45) is 17.8 Å². The number of amides is 4. The van der Waals surface area contributed by atoms with Gasteiger partial charge in [0.15, 0.2) is 0 Å². The van der Waals surface area contributed by atoms with E-state index in [4.69, 9.17) is 10.2 Å². The van der Waals surface area contributed by atoms with Crippen molar-refractivity contribution in [3.63, 3.8) is 0 Å². The van der Waals surface area contributed by atoms with Crippen molar-refractivity contribution in [2.75, 3.05) is 92.0 Å². The van der Waals surface area contributed by atoms with Crippen LogP contribution in [0.1, 0.15) is 85.5 Å². The van der Waals surface area contributed by atoms with Crippen molar-refractivity contribution in [3.05, 3.63) is 71.0 Å². The van der Waals surface area contributed by atoms with Gasteiger partial charge in [-0.1, -0.05) is 0 Å². The second-order valence-electron chi connectivity index (χ2n) is 19.0. The van der Waals surface area contributed by atoms with Gasteiger partial charge < -0.3 is 29.8 Å². The van der Waals surface area contributed by atoms with Gasteiger partial charge in [0.1, 0.15) is 17.7 Å². The quantitative estimate of drug-likeness (QED) is 0.259. The molecule has 0 spiro atoms. The molecular weight excluding hydrogens is 852 g/mol. The van der Waals surface area contributed by atoms with Crippen LogP contribution >= 0.6 is 0 Å². The molecule has 0 saturated carbocycles. The van der Waals surface area contributed by atoms with Crippen LogP contribution in [0, 0.1) is 29.1 Å². The predicted molar refractivity (Wildman–Crippen MR) is 242 cm³/mol. The summed E-state index contributed by atoms with van der Waals surface area (Å²) in [6.07, 6.45) is 3.15. The molecule has 5 saturated heterocycles. The third-order valence-electron chi connectivity index (χ3n) is 14.8. The fraction of sp³-hybridized carbons (Fsp3) is 0.562. The van der Waals surface area contributed by atoms with Crippen molar-refractivity contribution in [3.8, 4) is 6.07 Å². The highest BCUT2D eigenvalue weighted by Crippen LogP contribution is 2.36. The molecule has 0 aliphatic carbocycles. The van der Waals surface area contributed by atoms with Gasteiger partial charge in [0.2, 0.25) is 17.7 Å². The molecule has 15 nitrogen and oxygen atoms in total. The smallest absolute Gasteiger partial charge is 0.371 e. The van der Waals surface area contributed by atoms with Crippen LogP contribution in [0.2, 0.25) is 0 Å². The van der Waals surface area contributed by atoms with Crippen LogP contribution in [-0.4, -0.2) is 132 Å². The SMILES string of the molecule is C[C@@H]1CN(CC2CCN(c3ccc4c(n3)CN(C3CCC(=O)NC3=O)C4=O)CC2)CCN1CC1CCN(c2ccc(NC(=O)C3CCN(c4ccc(C#N)c(C(F)(F)F)c4)CC3)nc2)CC1. The summed E-state index contributed by atoms with van der Waals surface area (Å²) in [5.74, 6) is 1.29. The number of nitrogens with zero attached hydrogens (tertiary/aromatic N) is 9. The number of hydrogen-bond donors (Lipinski definition) is 2. The summed E-state index contributed by atoms with van der Waals surface area (Å²) in [6, 6.07) is 12.8. The van der Waals surface area contributed by atoms with Crippen LogP contribution in [0.3, 0.4) is 0 Å². The molecule has 0 bridgehead atoms. The number of halogens is 3. The van der Waals surface area contributed by atoms with Crippen LogP contribution in [-0.2, 0) is 27.1 Å². The number of alkyl halides is 3. The Labute approximate surface area is 383 Å². The van der Waals surface area contributed by atoms with Crippen molar-refractivity contribution in [1.29, 1.82) is 5.26 Å². The fourth-order valence-corrected chi connectivity index (χ4v) is 10.9. The maximum atomic E-state index is 13.5. The van der Waals surface area contributed by atoms with Crippen LogP contribution in [0.25, 0.3) is 0 Å². The number of imide groups is 1. The highest BCUT2D eigenvalue weighted by Gasteiger charge is 2.41. The number of anilines is 4. The molecule has 2 N–H and O–H groups in total. The molecule has 1 unspecified atom stereocenters. The molecule has 0 radical (unpaired) electrons. The zero-order valence-corrected chi connectivity index (χ0v) is 37.4. The van der Waals surface area contributed by atoms with E-state index in [0.29, 0.717) is 73.0 Å². The molecule has 2 atom stereocenters. The third kappa shape index (κ3) is 9.97. The molecule has 350 valence electrons. The minimum atomic E-state index is -4.62. The number of hydrogen-bond acceptors (Lipinski definition) is 12. The van der Waals surface area contributed by atoms with E-state index in [-0.39, 0.29) is 36.6 Å². The Morgan fingerprint density at radius 3 is 2.18 bits per heavy atom. The Morgan fingerprint density at radius 1 is 0.833 bits per heavy atom. The Balaban J connectivity index is 0.667. The first-order chi connectivity index (χ1) is 31.8. The van der Waals surface area contributed by atoms with Gasteiger partial charge >= 0.3 is 6.18 Å². The van der Waals surface area contributed by atoms with Crippen LogP contribution < -0.4 is 25.3 Å². The first kappa shape index (κ1) is 45.4. The van der Waals surface area contributed by atoms with Gasteiger partial charge in [0.05, 0.1) is 46.9 Å². The number of pyridine rings is 2. The number of nitrogens with one attached hydrogen (secondary N) is 2. The number of aromatic nitrogens is 2. The lowest BCUT2D eigenvalue weighted by Crippen LogP contribution is -2.54. The molecule has 1 aromatic carbocycles. The summed E-state index contributed by atoms with van der Waals surface area (Å²) < 4.78 is 40.5. The van der Waals surface area contributed by atoms with Crippen LogP contribution in [0.4, 0.5) is 36.2 Å². The predicted octanol–water partition coefficient (Wildman–Crippen LogP) is 5.12. The lowest BCUT2D eigenvalue weighted by Gasteiger charge is -2.44. The molecule has 66 heavy (non-hydrogen) atoms. The van der Waals surface area contributed by atoms with Crippen molar-refractivity contribution < 1.29 is 32.3 Å². The van der Waals surface area contributed by atoms with E-state index in [1.807, 2.05) is 35.4 Å². The van der Waals surface area contributed by atoms with Gasteiger partial charge in [-0.15, -0.1) is 0 Å². The second kappa shape index (κ2) is 19.2. The largest absolute Gasteiger partial charge is 0.417 e. The van der Waals surface area contributed by atoms with E-state index >= 15 is 0 Å². The Bertz CT molecular complexity index is 2330. The van der Waals surface area contributed by atoms with E-state index in [2.05, 4.69) is 42.1 Å². The fourth-order valence-electron chi connectivity index (χ4n) is 10.9. The zero-order valence-electron chi connectivity index (χ0n) is 37.4. The third-order valence-corrected chi connectivity index (χ3v) is 14.8. The van der Waals surface area contributed by atoms with E-state index in [9.17, 15) is 32.3 Å². The topological polar surface area (TPSA) is 161 Å². The van der Waals surface area contributed by atoms with Crippen LogP contribution in [0.5, 0.6) is 0 Å². The highest BCUT2D eigenvalue weighted by molar-refractivity contribution is 6.05. The van der Waals surface area contributed by atoms with E-state index in [1.54, 1.807) is 11.0 Å². The standard InChI is InChI=1S/C48H58F3N11O4/c1-31-27-57(28-32-12-18-60(19-13-32)43-8-5-38-40(54-43)30-62(47(38)66)41-6-9-44(63)56-46(41)65)22-23-61(31)29-33-10-16-59(17-11-33)37-4-7-42(53-26-37)55-45(64)34-14-20-58(21-15-34)36-3-2-35(25-52)39(24-36)48(49,50)51/h2-5,7-8,24,26,31-34,41H,6,9-23,27-30H2,1H3,(H,53,55,64)(H,56,63,65)/t31-,41?/m1/s1. The van der Waals surface area contributed by atoms with Crippen LogP contribution in [0.15, 0.2) is 48.7 Å². The number of rotatable bonds is 10. The zero-order chi connectivity index (χ0) is 46.1. The van der Waals surface area contributed by atoms with Gasteiger partial charge in [-0.3, -0.25) is 29.4 Å². The molecule has 18 heteroatoms. The van der Waals surface area contributed by atoms with Crippen molar-refractivity contribution in [1.82, 2.24) is 30.0 Å². The van der Waals surface area contributed by atoms with E-state index < -0.39 is 29.3 Å². The molecule has 6 aliphatic rings. The highest BCUT2D eigenvalue weighted by atomic mass is 19.4. The van der Waals surface area contributed by atoms with Gasteiger partial charge in [-0.2, -0.15) is 18.4 Å². The monoisotopic (exact) mass is 909 g/mol. The minimum absolute atomic E-state index is 0.142. The van der Waals surface area contributed by atoms with Gasteiger partial charge in [0, 0.05) is 96.1 Å². The number of piperidine rings is 4. The molecule has 5 fully saturated rings. The summed E-state index contributed by atoms with van der Waals surface area (Å²) in [5.41, 5.74) is 1.32. The number of benzene rings is 1. The normalized spacial score (nSPS) is 23.2. The number of carbonyl (C=O) groups is 4. The first-order valence-corrected chi connectivity index (χ1v) is 23.5. The van der Waals surface area contributed by atoms with E-state index in [0.717, 1.165) is 102 Å². The molecular formula is C48H58F3N11O4. The number of nitriles is 1. The molecule has 2 aromatic heterocycles. The average Bonchev–Trinajstić information content (AvgIpc) is 3.64.